The number of hydrogen-bond acceptors (Lipinski definition) is 3. The smallest absolute Gasteiger partial charge is 0.142 e. The van der Waals surface area contributed by atoms with Crippen LogP contribution in [0, 0.1) is 5.92 Å². The molecule has 0 radical (unpaired) electrons. The van der Waals surface area contributed by atoms with E-state index in [2.05, 4.69) is 36.8 Å². The van der Waals surface area contributed by atoms with Crippen LogP contribution in [-0.2, 0) is 0 Å². The van der Waals surface area contributed by atoms with E-state index in [4.69, 9.17) is 18.0 Å². The fourth-order valence-corrected chi connectivity index (χ4v) is 2.64. The normalized spacial score (nSPS) is 12.2. The van der Waals surface area contributed by atoms with Gasteiger partial charge in [0.25, 0.3) is 0 Å². The Morgan fingerprint density at radius 2 is 2.25 bits per heavy atom. The fraction of sp³-hybridized carbons (Fsp3) is 0.400. The quantitative estimate of drug-likeness (QED) is 0.832. The molecule has 0 aliphatic heterocycles. The summed E-state index contributed by atoms with van der Waals surface area (Å²) in [6.07, 6.45) is 1.77. The number of aromatic nitrogens is 1. The Morgan fingerprint density at radius 1 is 1.62 bits per heavy atom. The van der Waals surface area contributed by atoms with Gasteiger partial charge in [-0.05, 0) is 37.9 Å². The molecule has 0 aromatic carbocycles. The topological polar surface area (TPSA) is 42.2 Å². The van der Waals surface area contributed by atoms with E-state index in [-0.39, 0.29) is 5.92 Å². The van der Waals surface area contributed by atoms with Crippen molar-refractivity contribution in [2.24, 2.45) is 11.7 Å². The average Bonchev–Trinajstić information content (AvgIpc) is 2.16. The van der Waals surface area contributed by atoms with Crippen LogP contribution in [-0.4, -0.2) is 23.6 Å². The Labute approximate surface area is 118 Å². The highest BCUT2D eigenvalue weighted by molar-refractivity contribution is 9.11. The molecule has 0 amide bonds. The van der Waals surface area contributed by atoms with Crippen molar-refractivity contribution < 1.29 is 0 Å². The Balaban J connectivity index is 2.80. The second kappa shape index (κ2) is 5.93. The monoisotopic (exact) mass is 365 g/mol. The summed E-state index contributed by atoms with van der Waals surface area (Å²) in [6.45, 7) is 2.76. The zero-order valence-corrected chi connectivity index (χ0v) is 13.1. The summed E-state index contributed by atoms with van der Waals surface area (Å²) in [5.41, 5.74) is 5.59. The lowest BCUT2D eigenvalue weighted by Gasteiger charge is -2.22. The van der Waals surface area contributed by atoms with Crippen LogP contribution in [0.15, 0.2) is 21.2 Å². The number of thiocarbonyl (C=S) groups is 1. The van der Waals surface area contributed by atoms with Gasteiger partial charge in [-0.2, -0.15) is 0 Å². The highest BCUT2D eigenvalue weighted by Crippen LogP contribution is 2.26. The summed E-state index contributed by atoms with van der Waals surface area (Å²) in [7, 11) is 1.97. The molecule has 0 saturated carbocycles. The molecule has 1 unspecified atom stereocenters. The van der Waals surface area contributed by atoms with Crippen LogP contribution in [0.25, 0.3) is 0 Å². The first kappa shape index (κ1) is 13.9. The maximum Gasteiger partial charge on any atom is 0.142 e. The van der Waals surface area contributed by atoms with E-state index in [1.54, 1.807) is 6.20 Å². The number of anilines is 1. The molecule has 0 saturated heterocycles. The second-order valence-electron chi connectivity index (χ2n) is 3.64. The minimum absolute atomic E-state index is 0.164. The molecular formula is C10H13Br2N3S. The molecule has 1 heterocycles. The summed E-state index contributed by atoms with van der Waals surface area (Å²) in [4.78, 5) is 6.89. The lowest BCUT2D eigenvalue weighted by atomic mass is 10.2. The Kier molecular flexibility index (Phi) is 5.14. The van der Waals surface area contributed by atoms with E-state index in [0.29, 0.717) is 4.99 Å². The number of pyridine rings is 1. The fourth-order valence-electron chi connectivity index (χ4n) is 1.28. The van der Waals surface area contributed by atoms with Crippen LogP contribution in [0.4, 0.5) is 5.82 Å². The molecule has 0 aliphatic rings. The molecule has 0 fully saturated rings. The van der Waals surface area contributed by atoms with Gasteiger partial charge in [-0.15, -0.1) is 0 Å². The van der Waals surface area contributed by atoms with Gasteiger partial charge in [-0.25, -0.2) is 4.98 Å². The van der Waals surface area contributed by atoms with Crippen molar-refractivity contribution in [1.29, 1.82) is 0 Å². The highest BCUT2D eigenvalue weighted by Gasteiger charge is 2.12. The molecule has 1 rings (SSSR count). The van der Waals surface area contributed by atoms with Gasteiger partial charge in [0.15, 0.2) is 0 Å². The van der Waals surface area contributed by atoms with Gasteiger partial charge in [0, 0.05) is 30.2 Å². The molecule has 0 bridgehead atoms. The Hall–Kier alpha value is -0.200. The van der Waals surface area contributed by atoms with Crippen molar-refractivity contribution in [2.45, 2.75) is 6.92 Å². The maximum absolute atomic E-state index is 5.59. The molecule has 16 heavy (non-hydrogen) atoms. The number of nitrogens with two attached hydrogens (primary N) is 1. The Bertz CT molecular complexity index is 398. The first-order chi connectivity index (χ1) is 7.41. The molecule has 1 atom stereocenters. The molecule has 1 aromatic heterocycles. The number of nitrogens with zero attached hydrogens (tertiary/aromatic N) is 2. The first-order valence-corrected chi connectivity index (χ1v) is 6.72. The third kappa shape index (κ3) is 3.68. The summed E-state index contributed by atoms with van der Waals surface area (Å²) in [6, 6.07) is 1.96. The van der Waals surface area contributed by atoms with E-state index in [1.165, 1.54) is 0 Å². The Morgan fingerprint density at radius 3 is 2.75 bits per heavy atom. The third-order valence-corrected chi connectivity index (χ3v) is 3.60. The minimum Gasteiger partial charge on any atom is -0.393 e. The van der Waals surface area contributed by atoms with Crippen molar-refractivity contribution in [2.75, 3.05) is 18.5 Å². The lowest BCUT2D eigenvalue weighted by molar-refractivity contribution is 0.734. The maximum atomic E-state index is 5.59. The van der Waals surface area contributed by atoms with Crippen molar-refractivity contribution in [1.82, 2.24) is 4.98 Å². The molecule has 0 spiro atoms. The lowest BCUT2D eigenvalue weighted by Crippen LogP contribution is -2.32. The minimum atomic E-state index is 0.164. The van der Waals surface area contributed by atoms with E-state index < -0.39 is 0 Å². The molecular weight excluding hydrogens is 354 g/mol. The molecule has 88 valence electrons. The van der Waals surface area contributed by atoms with Gasteiger partial charge in [0.2, 0.25) is 0 Å². The van der Waals surface area contributed by atoms with E-state index >= 15 is 0 Å². The second-order valence-corrected chi connectivity index (χ2v) is 5.88. The van der Waals surface area contributed by atoms with Gasteiger partial charge in [-0.3, -0.25) is 0 Å². The van der Waals surface area contributed by atoms with E-state index in [9.17, 15) is 0 Å². The van der Waals surface area contributed by atoms with Gasteiger partial charge < -0.3 is 10.6 Å². The summed E-state index contributed by atoms with van der Waals surface area (Å²) >= 11 is 11.8. The van der Waals surface area contributed by atoms with Crippen molar-refractivity contribution in [3.8, 4) is 0 Å². The molecule has 2 N–H and O–H groups in total. The van der Waals surface area contributed by atoms with Crippen LogP contribution < -0.4 is 10.6 Å². The zero-order valence-electron chi connectivity index (χ0n) is 9.08. The van der Waals surface area contributed by atoms with Gasteiger partial charge in [0.05, 0.1) is 9.46 Å². The van der Waals surface area contributed by atoms with Gasteiger partial charge in [-0.1, -0.05) is 19.1 Å². The van der Waals surface area contributed by atoms with Crippen LogP contribution in [0.3, 0.4) is 0 Å². The third-order valence-electron chi connectivity index (χ3n) is 2.18. The summed E-state index contributed by atoms with van der Waals surface area (Å²) < 4.78 is 1.89. The van der Waals surface area contributed by atoms with Crippen molar-refractivity contribution >= 4 is 54.9 Å². The van der Waals surface area contributed by atoms with Crippen molar-refractivity contribution in [3.05, 3.63) is 21.2 Å². The standard InChI is InChI=1S/C10H13Br2N3S/c1-6(9(13)16)5-15(2)10-8(12)3-7(11)4-14-10/h3-4,6H,5H2,1-2H3,(H2,13,16). The molecule has 3 nitrogen and oxygen atoms in total. The van der Waals surface area contributed by atoms with Gasteiger partial charge >= 0.3 is 0 Å². The predicted molar refractivity (Wildman–Crippen MR) is 78.9 cm³/mol. The summed E-state index contributed by atoms with van der Waals surface area (Å²) in [5, 5.41) is 0. The molecule has 6 heteroatoms. The average molecular weight is 367 g/mol. The summed E-state index contributed by atoms with van der Waals surface area (Å²) in [5.74, 6) is 1.05. The molecule has 1 aromatic rings. The van der Waals surface area contributed by atoms with Crippen LogP contribution >= 0.6 is 44.1 Å². The number of halogens is 2. The largest absolute Gasteiger partial charge is 0.393 e. The first-order valence-electron chi connectivity index (χ1n) is 4.73. The number of rotatable bonds is 4. The van der Waals surface area contributed by atoms with Gasteiger partial charge in [0.1, 0.15) is 5.82 Å². The zero-order chi connectivity index (χ0) is 12.3. The van der Waals surface area contributed by atoms with E-state index in [0.717, 1.165) is 21.3 Å². The predicted octanol–water partition coefficient (Wildman–Crippen LogP) is 2.97. The van der Waals surface area contributed by atoms with Crippen LogP contribution in [0.1, 0.15) is 6.92 Å². The SMILES string of the molecule is CC(CN(C)c1ncc(Br)cc1Br)C(N)=S. The van der Waals surface area contributed by atoms with E-state index in [1.807, 2.05) is 24.9 Å². The van der Waals surface area contributed by atoms with Crippen LogP contribution in [0.2, 0.25) is 0 Å². The number of hydrogen-bond donors (Lipinski definition) is 1. The van der Waals surface area contributed by atoms with Crippen molar-refractivity contribution in [3.63, 3.8) is 0 Å². The molecule has 0 aliphatic carbocycles. The van der Waals surface area contributed by atoms with Crippen LogP contribution in [0.5, 0.6) is 0 Å². The highest BCUT2D eigenvalue weighted by atomic mass is 79.9.